The molecule has 0 aromatic heterocycles. The molecule has 4 heteroatoms. The molecule has 0 unspecified atom stereocenters. The summed E-state index contributed by atoms with van der Waals surface area (Å²) in [6.07, 6.45) is 1.22. The van der Waals surface area contributed by atoms with Crippen molar-refractivity contribution in [3.05, 3.63) is 71.0 Å². The Morgan fingerprint density at radius 1 is 1.00 bits per heavy atom. The minimum Gasteiger partial charge on any atom is -0.352 e. The summed E-state index contributed by atoms with van der Waals surface area (Å²) in [7, 11) is 0. The number of hydrogen-bond acceptors (Lipinski definition) is 2. The number of hydrogen-bond donors (Lipinski definition) is 1. The number of aryl methyl sites for hydroxylation is 1. The minimum atomic E-state index is -0.331. The molecule has 0 spiro atoms. The van der Waals surface area contributed by atoms with Gasteiger partial charge in [-0.15, -0.1) is 0 Å². The SMILES string of the molecule is CCc1ccc(C(=O)CCC(=O)NCc2cccc(F)c2)cc1. The zero-order chi connectivity index (χ0) is 16.7. The van der Waals surface area contributed by atoms with E-state index in [1.807, 2.05) is 12.1 Å². The van der Waals surface area contributed by atoms with E-state index in [0.717, 1.165) is 6.42 Å². The average Bonchev–Trinajstić information content (AvgIpc) is 2.58. The molecule has 0 heterocycles. The zero-order valence-electron chi connectivity index (χ0n) is 13.1. The number of benzene rings is 2. The van der Waals surface area contributed by atoms with E-state index >= 15 is 0 Å². The third kappa shape index (κ3) is 5.33. The summed E-state index contributed by atoms with van der Waals surface area (Å²) >= 11 is 0. The Balaban J connectivity index is 1.78. The van der Waals surface area contributed by atoms with E-state index in [4.69, 9.17) is 0 Å². The second-order valence-electron chi connectivity index (χ2n) is 5.38. The van der Waals surface area contributed by atoms with Gasteiger partial charge in [0.25, 0.3) is 0 Å². The van der Waals surface area contributed by atoms with Crippen molar-refractivity contribution in [1.82, 2.24) is 5.32 Å². The van der Waals surface area contributed by atoms with Gasteiger partial charge in [-0.3, -0.25) is 9.59 Å². The molecule has 3 nitrogen and oxygen atoms in total. The van der Waals surface area contributed by atoms with Crippen LogP contribution < -0.4 is 5.32 Å². The van der Waals surface area contributed by atoms with E-state index < -0.39 is 0 Å². The van der Waals surface area contributed by atoms with Gasteiger partial charge in [-0.05, 0) is 29.7 Å². The zero-order valence-corrected chi connectivity index (χ0v) is 13.1. The number of nitrogens with one attached hydrogen (secondary N) is 1. The summed E-state index contributed by atoms with van der Waals surface area (Å²) in [6.45, 7) is 2.32. The second kappa shape index (κ2) is 8.22. The van der Waals surface area contributed by atoms with E-state index in [9.17, 15) is 14.0 Å². The quantitative estimate of drug-likeness (QED) is 0.793. The van der Waals surface area contributed by atoms with Crippen LogP contribution in [0.1, 0.15) is 41.3 Å². The highest BCUT2D eigenvalue weighted by Gasteiger charge is 2.09. The largest absolute Gasteiger partial charge is 0.352 e. The fourth-order valence-corrected chi connectivity index (χ4v) is 2.23. The maximum atomic E-state index is 13.0. The monoisotopic (exact) mass is 313 g/mol. The van der Waals surface area contributed by atoms with Crippen LogP contribution in [0.5, 0.6) is 0 Å². The third-order valence-electron chi connectivity index (χ3n) is 3.64. The van der Waals surface area contributed by atoms with Crippen LogP contribution in [0.15, 0.2) is 48.5 Å². The fourth-order valence-electron chi connectivity index (χ4n) is 2.23. The first kappa shape index (κ1) is 16.9. The van der Waals surface area contributed by atoms with Crippen LogP contribution in [0.25, 0.3) is 0 Å². The molecule has 2 aromatic carbocycles. The maximum Gasteiger partial charge on any atom is 0.220 e. The van der Waals surface area contributed by atoms with Crippen molar-refractivity contribution < 1.29 is 14.0 Å². The first-order chi connectivity index (χ1) is 11.1. The molecule has 23 heavy (non-hydrogen) atoms. The highest BCUT2D eigenvalue weighted by Crippen LogP contribution is 2.09. The van der Waals surface area contributed by atoms with Gasteiger partial charge >= 0.3 is 0 Å². The molecule has 0 saturated heterocycles. The number of carbonyl (C=O) groups excluding carboxylic acids is 2. The Morgan fingerprint density at radius 3 is 2.39 bits per heavy atom. The fraction of sp³-hybridized carbons (Fsp3) is 0.263. The average molecular weight is 313 g/mol. The van der Waals surface area contributed by atoms with Gasteiger partial charge in [0.05, 0.1) is 0 Å². The van der Waals surface area contributed by atoms with Crippen molar-refractivity contribution in [1.29, 1.82) is 0 Å². The molecule has 0 atom stereocenters. The highest BCUT2D eigenvalue weighted by atomic mass is 19.1. The predicted molar refractivity (Wildman–Crippen MR) is 87.6 cm³/mol. The Hall–Kier alpha value is -2.49. The van der Waals surface area contributed by atoms with Gasteiger partial charge in [0.15, 0.2) is 5.78 Å². The Morgan fingerprint density at radius 2 is 1.74 bits per heavy atom. The summed E-state index contributed by atoms with van der Waals surface area (Å²) in [4.78, 5) is 23.8. The summed E-state index contributed by atoms with van der Waals surface area (Å²) < 4.78 is 13.0. The van der Waals surface area contributed by atoms with Crippen LogP contribution in [-0.2, 0) is 17.8 Å². The van der Waals surface area contributed by atoms with E-state index in [1.54, 1.807) is 24.3 Å². The molecule has 0 fully saturated rings. The highest BCUT2D eigenvalue weighted by molar-refractivity contribution is 5.97. The molecule has 0 bridgehead atoms. The van der Waals surface area contributed by atoms with Crippen molar-refractivity contribution in [2.24, 2.45) is 0 Å². The van der Waals surface area contributed by atoms with Gasteiger partial charge in [0.2, 0.25) is 5.91 Å². The van der Waals surface area contributed by atoms with Crippen LogP contribution >= 0.6 is 0 Å². The Labute approximate surface area is 135 Å². The van der Waals surface area contributed by atoms with Gasteiger partial charge in [-0.2, -0.15) is 0 Å². The number of halogens is 1. The standard InChI is InChI=1S/C19H20FNO2/c1-2-14-6-8-16(9-7-14)18(22)10-11-19(23)21-13-15-4-3-5-17(20)12-15/h3-9,12H,2,10-11,13H2,1H3,(H,21,23). The number of carbonyl (C=O) groups is 2. The predicted octanol–water partition coefficient (Wildman–Crippen LogP) is 3.67. The molecule has 1 amide bonds. The van der Waals surface area contributed by atoms with Crippen LogP contribution in [0, 0.1) is 5.82 Å². The lowest BCUT2D eigenvalue weighted by Crippen LogP contribution is -2.23. The molecule has 2 aromatic rings. The lowest BCUT2D eigenvalue weighted by atomic mass is 10.0. The molecule has 2 rings (SSSR count). The molecule has 0 radical (unpaired) electrons. The van der Waals surface area contributed by atoms with E-state index in [1.165, 1.54) is 17.7 Å². The smallest absolute Gasteiger partial charge is 0.220 e. The van der Waals surface area contributed by atoms with E-state index in [2.05, 4.69) is 12.2 Å². The maximum absolute atomic E-state index is 13.0. The summed E-state index contributed by atoms with van der Waals surface area (Å²) in [6, 6.07) is 13.5. The van der Waals surface area contributed by atoms with Gasteiger partial charge in [-0.25, -0.2) is 4.39 Å². The first-order valence-corrected chi connectivity index (χ1v) is 7.71. The lowest BCUT2D eigenvalue weighted by Gasteiger charge is -2.06. The first-order valence-electron chi connectivity index (χ1n) is 7.71. The van der Waals surface area contributed by atoms with E-state index in [0.29, 0.717) is 11.1 Å². The van der Waals surface area contributed by atoms with Crippen molar-refractivity contribution in [3.63, 3.8) is 0 Å². The van der Waals surface area contributed by atoms with Crippen molar-refractivity contribution in [2.75, 3.05) is 0 Å². The summed E-state index contributed by atoms with van der Waals surface area (Å²) in [5, 5.41) is 2.69. The lowest BCUT2D eigenvalue weighted by molar-refractivity contribution is -0.121. The second-order valence-corrected chi connectivity index (χ2v) is 5.38. The number of rotatable bonds is 7. The van der Waals surface area contributed by atoms with Gasteiger partial charge in [-0.1, -0.05) is 43.3 Å². The molecule has 120 valence electrons. The summed E-state index contributed by atoms with van der Waals surface area (Å²) in [5.41, 5.74) is 2.49. The van der Waals surface area contributed by atoms with Crippen LogP contribution in [-0.4, -0.2) is 11.7 Å². The van der Waals surface area contributed by atoms with Crippen LogP contribution in [0.3, 0.4) is 0 Å². The van der Waals surface area contributed by atoms with Crippen LogP contribution in [0.4, 0.5) is 4.39 Å². The normalized spacial score (nSPS) is 10.3. The molecule has 1 N–H and O–H groups in total. The van der Waals surface area contributed by atoms with Crippen molar-refractivity contribution in [2.45, 2.75) is 32.7 Å². The third-order valence-corrected chi connectivity index (χ3v) is 3.64. The van der Waals surface area contributed by atoms with Crippen molar-refractivity contribution >= 4 is 11.7 Å². The van der Waals surface area contributed by atoms with E-state index in [-0.39, 0.29) is 36.9 Å². The van der Waals surface area contributed by atoms with Gasteiger partial charge in [0, 0.05) is 24.9 Å². The number of amides is 1. The molecular formula is C19H20FNO2. The van der Waals surface area contributed by atoms with Gasteiger partial charge < -0.3 is 5.32 Å². The van der Waals surface area contributed by atoms with Crippen molar-refractivity contribution in [3.8, 4) is 0 Å². The number of ketones is 1. The molecule has 0 aliphatic carbocycles. The Bertz CT molecular complexity index is 680. The van der Waals surface area contributed by atoms with Gasteiger partial charge in [0.1, 0.15) is 5.82 Å². The topological polar surface area (TPSA) is 46.2 Å². The molecular weight excluding hydrogens is 293 g/mol. The minimum absolute atomic E-state index is 0.0476. The molecule has 0 aliphatic rings. The van der Waals surface area contributed by atoms with Crippen LogP contribution in [0.2, 0.25) is 0 Å². The Kier molecular flexibility index (Phi) is 6.03. The number of Topliss-reactive ketones (excluding diaryl/α,β-unsaturated/α-hetero) is 1. The molecule has 0 saturated carbocycles. The summed E-state index contributed by atoms with van der Waals surface area (Å²) in [5.74, 6) is -0.594. The molecule has 0 aliphatic heterocycles.